The van der Waals surface area contributed by atoms with Gasteiger partial charge in [-0.3, -0.25) is 9.78 Å². The van der Waals surface area contributed by atoms with Crippen LogP contribution in [-0.4, -0.2) is 33.5 Å². The van der Waals surface area contributed by atoms with Gasteiger partial charge in [-0.2, -0.15) is 0 Å². The minimum absolute atomic E-state index is 0.00306. The highest BCUT2D eigenvalue weighted by Crippen LogP contribution is 2.33. The molecule has 0 spiro atoms. The number of nitrogens with zero attached hydrogens (tertiary/aromatic N) is 2. The monoisotopic (exact) mass is 378 g/mol. The number of fused-ring (bicyclic) bond motifs is 1. The highest BCUT2D eigenvalue weighted by Gasteiger charge is 2.31. The second-order valence-electron chi connectivity index (χ2n) is 6.30. The third kappa shape index (κ3) is 3.97. The number of aliphatic hydroxyl groups excluding tert-OH is 1. The summed E-state index contributed by atoms with van der Waals surface area (Å²) in [6.45, 7) is 2.08. The zero-order valence-corrected chi connectivity index (χ0v) is 15.5. The van der Waals surface area contributed by atoms with Crippen LogP contribution in [-0.2, 0) is 17.6 Å². The molecule has 2 aromatic rings. The molecular formula is C19H20Cl2N2O2. The van der Waals surface area contributed by atoms with Crippen LogP contribution >= 0.6 is 23.2 Å². The predicted octanol–water partition coefficient (Wildman–Crippen LogP) is 3.83. The molecular weight excluding hydrogens is 359 g/mol. The first-order valence-corrected chi connectivity index (χ1v) is 9.09. The van der Waals surface area contributed by atoms with Crippen molar-refractivity contribution in [1.29, 1.82) is 0 Å². The molecule has 6 heteroatoms. The lowest BCUT2D eigenvalue weighted by Gasteiger charge is -2.31. The summed E-state index contributed by atoms with van der Waals surface area (Å²) in [5.74, 6) is 0.0259. The number of hydrogen-bond donors (Lipinski definition) is 1. The van der Waals surface area contributed by atoms with Crippen molar-refractivity contribution in [2.75, 3.05) is 6.54 Å². The summed E-state index contributed by atoms with van der Waals surface area (Å²) in [5.41, 5.74) is 2.94. The molecule has 0 saturated carbocycles. The van der Waals surface area contributed by atoms with Gasteiger partial charge in [-0.25, -0.2) is 0 Å². The third-order valence-corrected chi connectivity index (χ3v) is 5.38. The number of hydrogen-bond acceptors (Lipinski definition) is 3. The molecule has 0 saturated heterocycles. The van der Waals surface area contributed by atoms with E-state index in [1.807, 2.05) is 25.1 Å². The Bertz CT molecular complexity index is 737. The normalized spacial score (nSPS) is 15.0. The van der Waals surface area contributed by atoms with E-state index in [2.05, 4.69) is 4.98 Å². The van der Waals surface area contributed by atoms with E-state index in [1.165, 1.54) is 0 Å². The van der Waals surface area contributed by atoms with E-state index >= 15 is 0 Å². The Hall–Kier alpha value is -1.62. The lowest BCUT2D eigenvalue weighted by atomic mass is 10.1. The molecule has 1 N–H and O–H groups in total. The van der Waals surface area contributed by atoms with E-state index in [-0.39, 0.29) is 18.5 Å². The van der Waals surface area contributed by atoms with Gasteiger partial charge in [-0.15, -0.1) is 0 Å². The van der Waals surface area contributed by atoms with Crippen molar-refractivity contribution >= 4 is 29.1 Å². The maximum absolute atomic E-state index is 12.5. The first-order valence-electron chi connectivity index (χ1n) is 8.33. The molecule has 0 bridgehead atoms. The molecule has 4 nitrogen and oxygen atoms in total. The second kappa shape index (κ2) is 7.73. The van der Waals surface area contributed by atoms with E-state index in [9.17, 15) is 9.90 Å². The molecule has 0 radical (unpaired) electrons. The van der Waals surface area contributed by atoms with Crippen LogP contribution in [0.3, 0.4) is 0 Å². The fourth-order valence-electron chi connectivity index (χ4n) is 3.33. The molecule has 0 fully saturated rings. The first kappa shape index (κ1) is 18.2. The second-order valence-corrected chi connectivity index (χ2v) is 7.11. The highest BCUT2D eigenvalue weighted by atomic mass is 35.5. The van der Waals surface area contributed by atoms with Crippen LogP contribution in [0, 0.1) is 0 Å². The van der Waals surface area contributed by atoms with Crippen molar-refractivity contribution in [2.45, 2.75) is 38.3 Å². The molecule has 25 heavy (non-hydrogen) atoms. The molecule has 1 aliphatic rings. The number of amides is 1. The number of benzene rings is 1. The average Bonchev–Trinajstić information content (AvgIpc) is 3.02. The summed E-state index contributed by atoms with van der Waals surface area (Å²) in [7, 11) is 0. The van der Waals surface area contributed by atoms with Crippen LogP contribution in [0.25, 0.3) is 0 Å². The minimum Gasteiger partial charge on any atom is -0.386 e. The Balaban J connectivity index is 1.79. The molecule has 3 rings (SSSR count). The molecule has 1 aliphatic carbocycles. The summed E-state index contributed by atoms with van der Waals surface area (Å²) in [5, 5.41) is 11.6. The molecule has 1 heterocycles. The van der Waals surface area contributed by atoms with Crippen LogP contribution in [0.2, 0.25) is 10.0 Å². The topological polar surface area (TPSA) is 53.4 Å². The fraction of sp³-hybridized carbons (Fsp3) is 0.368. The van der Waals surface area contributed by atoms with Gasteiger partial charge in [0.2, 0.25) is 5.91 Å². The standard InChI is InChI=1S/C19H20Cl2N2O2/c1-2-19(25)23(11-18(24)12-4-3-5-22-10-12)15-6-13-8-16(20)17(21)9-14(13)7-15/h3-5,8-10,15,18,24H,2,6-7,11H2,1H3/t18-/m0/s1. The van der Waals surface area contributed by atoms with Crippen molar-refractivity contribution in [3.63, 3.8) is 0 Å². The molecule has 1 atom stereocenters. The lowest BCUT2D eigenvalue weighted by molar-refractivity contribution is -0.134. The van der Waals surface area contributed by atoms with E-state index in [0.717, 1.165) is 24.0 Å². The van der Waals surface area contributed by atoms with Crippen LogP contribution in [0.1, 0.15) is 36.1 Å². The molecule has 1 aromatic heterocycles. The maximum atomic E-state index is 12.5. The summed E-state index contributed by atoms with van der Waals surface area (Å²) < 4.78 is 0. The van der Waals surface area contributed by atoms with E-state index in [0.29, 0.717) is 22.0 Å². The smallest absolute Gasteiger partial charge is 0.222 e. The summed E-state index contributed by atoms with van der Waals surface area (Å²) in [4.78, 5) is 18.3. The van der Waals surface area contributed by atoms with Gasteiger partial charge in [0.15, 0.2) is 0 Å². The Labute approximate surface area is 157 Å². The van der Waals surface area contributed by atoms with Gasteiger partial charge in [0, 0.05) is 30.4 Å². The highest BCUT2D eigenvalue weighted by molar-refractivity contribution is 6.42. The molecule has 0 unspecified atom stereocenters. The quantitative estimate of drug-likeness (QED) is 0.859. The van der Waals surface area contributed by atoms with Gasteiger partial charge in [0.1, 0.15) is 0 Å². The number of aromatic nitrogens is 1. The van der Waals surface area contributed by atoms with E-state index < -0.39 is 6.10 Å². The van der Waals surface area contributed by atoms with Gasteiger partial charge < -0.3 is 10.0 Å². The number of rotatable bonds is 5. The van der Waals surface area contributed by atoms with Crippen molar-refractivity contribution in [2.24, 2.45) is 0 Å². The Kier molecular flexibility index (Phi) is 5.62. The van der Waals surface area contributed by atoms with Gasteiger partial charge in [0.05, 0.1) is 22.7 Å². The number of pyridine rings is 1. The summed E-state index contributed by atoms with van der Waals surface area (Å²) >= 11 is 12.2. The number of carbonyl (C=O) groups is 1. The van der Waals surface area contributed by atoms with Crippen molar-refractivity contribution in [3.8, 4) is 0 Å². The predicted molar refractivity (Wildman–Crippen MR) is 98.9 cm³/mol. The largest absolute Gasteiger partial charge is 0.386 e. The Morgan fingerprint density at radius 1 is 1.32 bits per heavy atom. The maximum Gasteiger partial charge on any atom is 0.222 e. The minimum atomic E-state index is -0.764. The number of carbonyl (C=O) groups excluding carboxylic acids is 1. The molecule has 132 valence electrons. The summed E-state index contributed by atoms with van der Waals surface area (Å²) in [6.07, 6.45) is 4.36. The van der Waals surface area contributed by atoms with Gasteiger partial charge >= 0.3 is 0 Å². The SMILES string of the molecule is CCC(=O)N(C[C@H](O)c1cccnc1)C1Cc2cc(Cl)c(Cl)cc2C1. The van der Waals surface area contributed by atoms with Crippen molar-refractivity contribution in [1.82, 2.24) is 9.88 Å². The van der Waals surface area contributed by atoms with Gasteiger partial charge in [-0.05, 0) is 42.2 Å². The lowest BCUT2D eigenvalue weighted by Crippen LogP contribution is -2.43. The van der Waals surface area contributed by atoms with Crippen molar-refractivity contribution in [3.05, 3.63) is 63.4 Å². The van der Waals surface area contributed by atoms with E-state index in [4.69, 9.17) is 23.2 Å². The molecule has 1 amide bonds. The number of aliphatic hydroxyl groups is 1. The van der Waals surface area contributed by atoms with Crippen LogP contribution < -0.4 is 0 Å². The van der Waals surface area contributed by atoms with Crippen molar-refractivity contribution < 1.29 is 9.90 Å². The third-order valence-electron chi connectivity index (χ3n) is 4.66. The Morgan fingerprint density at radius 3 is 2.48 bits per heavy atom. The van der Waals surface area contributed by atoms with Crippen LogP contribution in [0.15, 0.2) is 36.7 Å². The van der Waals surface area contributed by atoms with Crippen LogP contribution in [0.5, 0.6) is 0 Å². The zero-order valence-electron chi connectivity index (χ0n) is 14.0. The summed E-state index contributed by atoms with van der Waals surface area (Å²) in [6, 6.07) is 7.36. The molecule has 0 aliphatic heterocycles. The van der Waals surface area contributed by atoms with Gasteiger partial charge in [0.25, 0.3) is 0 Å². The van der Waals surface area contributed by atoms with Crippen LogP contribution in [0.4, 0.5) is 0 Å². The van der Waals surface area contributed by atoms with E-state index in [1.54, 1.807) is 23.4 Å². The van der Waals surface area contributed by atoms with Gasteiger partial charge in [-0.1, -0.05) is 36.2 Å². The molecule has 1 aromatic carbocycles. The fourth-order valence-corrected chi connectivity index (χ4v) is 3.70. The number of halogens is 2. The first-order chi connectivity index (χ1) is 12.0. The Morgan fingerprint density at radius 2 is 1.96 bits per heavy atom. The zero-order chi connectivity index (χ0) is 18.0. The average molecular weight is 379 g/mol.